The van der Waals surface area contributed by atoms with Crippen molar-refractivity contribution in [1.82, 2.24) is 10.3 Å². The van der Waals surface area contributed by atoms with Crippen LogP contribution in [0, 0.1) is 5.82 Å². The van der Waals surface area contributed by atoms with E-state index in [0.717, 1.165) is 18.7 Å². The minimum absolute atomic E-state index is 0.137. The zero-order valence-electron chi connectivity index (χ0n) is 8.33. The predicted molar refractivity (Wildman–Crippen MR) is 55.4 cm³/mol. The fourth-order valence-electron chi connectivity index (χ4n) is 1.32. The molecule has 1 N–H and O–H groups in total. The molecule has 0 bridgehead atoms. The Balaban J connectivity index is 2.76. The van der Waals surface area contributed by atoms with Gasteiger partial charge in [-0.2, -0.15) is 0 Å². The lowest BCUT2D eigenvalue weighted by Gasteiger charge is -2.14. The van der Waals surface area contributed by atoms with Gasteiger partial charge in [0.15, 0.2) is 0 Å². The molecule has 0 spiro atoms. The number of pyridine rings is 1. The summed E-state index contributed by atoms with van der Waals surface area (Å²) in [6.45, 7) is 6.57. The second kappa shape index (κ2) is 5.50. The topological polar surface area (TPSA) is 24.9 Å². The van der Waals surface area contributed by atoms with E-state index in [1.807, 2.05) is 13.0 Å². The number of halogens is 1. The molecule has 76 valence electrons. The monoisotopic (exact) mass is 194 g/mol. The summed E-state index contributed by atoms with van der Waals surface area (Å²) in [7, 11) is 0. The van der Waals surface area contributed by atoms with Crippen molar-refractivity contribution in [2.75, 3.05) is 6.54 Å². The van der Waals surface area contributed by atoms with E-state index in [1.165, 1.54) is 12.3 Å². The number of nitrogens with one attached hydrogen (secondary N) is 1. The average molecular weight is 194 g/mol. The molecular formula is C11H15FN2. The van der Waals surface area contributed by atoms with E-state index in [2.05, 4.69) is 16.9 Å². The van der Waals surface area contributed by atoms with Crippen LogP contribution in [0.1, 0.15) is 25.1 Å². The molecule has 0 aliphatic rings. The fourth-order valence-corrected chi connectivity index (χ4v) is 1.32. The van der Waals surface area contributed by atoms with Gasteiger partial charge in [0.25, 0.3) is 0 Å². The van der Waals surface area contributed by atoms with Crippen LogP contribution in [-0.2, 0) is 0 Å². The number of rotatable bonds is 5. The summed E-state index contributed by atoms with van der Waals surface area (Å²) >= 11 is 0. The van der Waals surface area contributed by atoms with Crippen molar-refractivity contribution in [1.29, 1.82) is 0 Å². The van der Waals surface area contributed by atoms with Gasteiger partial charge in [-0.05, 0) is 25.1 Å². The van der Waals surface area contributed by atoms with E-state index < -0.39 is 0 Å². The standard InChI is InChI=1S/C11H15FN2/c1-3-5-10(13-4-2)11-7-6-9(12)8-14-11/h3,6-8,10,13H,1,4-5H2,2H3. The van der Waals surface area contributed by atoms with Gasteiger partial charge in [0.05, 0.1) is 17.9 Å². The highest BCUT2D eigenvalue weighted by atomic mass is 19.1. The van der Waals surface area contributed by atoms with Gasteiger partial charge in [-0.1, -0.05) is 13.0 Å². The highest BCUT2D eigenvalue weighted by Crippen LogP contribution is 2.14. The van der Waals surface area contributed by atoms with Crippen LogP contribution in [0.3, 0.4) is 0 Å². The highest BCUT2D eigenvalue weighted by Gasteiger charge is 2.09. The predicted octanol–water partition coefficient (Wildman–Crippen LogP) is 2.45. The van der Waals surface area contributed by atoms with Crippen LogP contribution in [0.15, 0.2) is 31.0 Å². The third-order valence-electron chi connectivity index (χ3n) is 1.96. The van der Waals surface area contributed by atoms with Crippen molar-refractivity contribution < 1.29 is 4.39 Å². The van der Waals surface area contributed by atoms with Crippen LogP contribution in [0.2, 0.25) is 0 Å². The third kappa shape index (κ3) is 2.92. The van der Waals surface area contributed by atoms with Crippen LogP contribution in [-0.4, -0.2) is 11.5 Å². The van der Waals surface area contributed by atoms with Crippen molar-refractivity contribution in [3.63, 3.8) is 0 Å². The second-order valence-electron chi connectivity index (χ2n) is 3.04. The fraction of sp³-hybridized carbons (Fsp3) is 0.364. The van der Waals surface area contributed by atoms with Gasteiger partial charge in [0, 0.05) is 0 Å². The minimum atomic E-state index is -0.303. The molecule has 0 saturated heterocycles. The molecule has 0 fully saturated rings. The number of hydrogen-bond acceptors (Lipinski definition) is 2. The van der Waals surface area contributed by atoms with Gasteiger partial charge in [0.2, 0.25) is 0 Å². The summed E-state index contributed by atoms with van der Waals surface area (Å²) in [6.07, 6.45) is 3.87. The van der Waals surface area contributed by atoms with Crippen LogP contribution in [0.25, 0.3) is 0 Å². The quantitative estimate of drug-likeness (QED) is 0.728. The third-order valence-corrected chi connectivity index (χ3v) is 1.96. The number of nitrogens with zero attached hydrogens (tertiary/aromatic N) is 1. The van der Waals surface area contributed by atoms with Crippen molar-refractivity contribution in [2.45, 2.75) is 19.4 Å². The maximum absolute atomic E-state index is 12.6. The Hall–Kier alpha value is -1.22. The number of aromatic nitrogens is 1. The van der Waals surface area contributed by atoms with Crippen molar-refractivity contribution in [3.8, 4) is 0 Å². The Kier molecular flexibility index (Phi) is 4.26. The van der Waals surface area contributed by atoms with Gasteiger partial charge < -0.3 is 5.32 Å². The molecule has 1 aromatic heterocycles. The van der Waals surface area contributed by atoms with E-state index in [4.69, 9.17) is 0 Å². The van der Waals surface area contributed by atoms with Gasteiger partial charge >= 0.3 is 0 Å². The van der Waals surface area contributed by atoms with Gasteiger partial charge in [-0.15, -0.1) is 6.58 Å². The molecule has 0 aromatic carbocycles. The Morgan fingerprint density at radius 2 is 2.43 bits per heavy atom. The molecule has 0 aliphatic heterocycles. The van der Waals surface area contributed by atoms with Gasteiger partial charge in [-0.3, -0.25) is 4.98 Å². The lowest BCUT2D eigenvalue weighted by molar-refractivity contribution is 0.540. The number of hydrogen-bond donors (Lipinski definition) is 1. The lowest BCUT2D eigenvalue weighted by atomic mass is 10.1. The van der Waals surface area contributed by atoms with Crippen molar-refractivity contribution in [3.05, 3.63) is 42.5 Å². The zero-order valence-corrected chi connectivity index (χ0v) is 8.33. The summed E-state index contributed by atoms with van der Waals surface area (Å²) in [6, 6.07) is 3.26. The van der Waals surface area contributed by atoms with Gasteiger partial charge in [0.1, 0.15) is 5.82 Å². The molecule has 1 unspecified atom stereocenters. The summed E-state index contributed by atoms with van der Waals surface area (Å²) in [5.41, 5.74) is 0.855. The van der Waals surface area contributed by atoms with Crippen LogP contribution in [0.5, 0.6) is 0 Å². The molecular weight excluding hydrogens is 179 g/mol. The molecule has 0 aliphatic carbocycles. The van der Waals surface area contributed by atoms with E-state index in [0.29, 0.717) is 0 Å². The molecule has 0 saturated carbocycles. The normalized spacial score (nSPS) is 12.4. The Bertz CT molecular complexity index is 282. The summed E-state index contributed by atoms with van der Waals surface area (Å²) in [4.78, 5) is 4.03. The van der Waals surface area contributed by atoms with Crippen LogP contribution >= 0.6 is 0 Å². The Morgan fingerprint density at radius 1 is 1.64 bits per heavy atom. The van der Waals surface area contributed by atoms with E-state index in [-0.39, 0.29) is 11.9 Å². The first-order valence-corrected chi connectivity index (χ1v) is 4.73. The summed E-state index contributed by atoms with van der Waals surface area (Å²) < 4.78 is 12.6. The van der Waals surface area contributed by atoms with Crippen molar-refractivity contribution >= 4 is 0 Å². The Labute approximate surface area is 83.9 Å². The molecule has 2 nitrogen and oxygen atoms in total. The molecule has 1 aromatic rings. The molecule has 0 amide bonds. The molecule has 1 atom stereocenters. The first-order chi connectivity index (χ1) is 6.77. The smallest absolute Gasteiger partial charge is 0.141 e. The molecule has 1 rings (SSSR count). The van der Waals surface area contributed by atoms with E-state index in [9.17, 15) is 4.39 Å². The lowest BCUT2D eigenvalue weighted by Crippen LogP contribution is -2.21. The minimum Gasteiger partial charge on any atom is -0.309 e. The SMILES string of the molecule is C=CCC(NCC)c1ccc(F)cn1. The zero-order chi connectivity index (χ0) is 10.4. The Morgan fingerprint density at radius 3 is 2.93 bits per heavy atom. The first-order valence-electron chi connectivity index (χ1n) is 4.73. The average Bonchev–Trinajstić information content (AvgIpc) is 2.19. The largest absolute Gasteiger partial charge is 0.309 e. The van der Waals surface area contributed by atoms with Gasteiger partial charge in [-0.25, -0.2) is 4.39 Å². The molecule has 14 heavy (non-hydrogen) atoms. The molecule has 1 heterocycles. The van der Waals surface area contributed by atoms with E-state index >= 15 is 0 Å². The maximum Gasteiger partial charge on any atom is 0.141 e. The summed E-state index contributed by atoms with van der Waals surface area (Å²) in [5, 5.41) is 3.26. The summed E-state index contributed by atoms with van der Waals surface area (Å²) in [5.74, 6) is -0.303. The molecule has 3 heteroatoms. The van der Waals surface area contributed by atoms with E-state index in [1.54, 1.807) is 6.07 Å². The van der Waals surface area contributed by atoms with Crippen LogP contribution in [0.4, 0.5) is 4.39 Å². The van der Waals surface area contributed by atoms with Crippen LogP contribution < -0.4 is 5.32 Å². The first kappa shape index (κ1) is 10.9. The maximum atomic E-state index is 12.6. The molecule has 0 radical (unpaired) electrons. The highest BCUT2D eigenvalue weighted by molar-refractivity contribution is 5.10. The van der Waals surface area contributed by atoms with Crippen molar-refractivity contribution in [2.24, 2.45) is 0 Å². The second-order valence-corrected chi connectivity index (χ2v) is 3.04.